The van der Waals surface area contributed by atoms with Gasteiger partial charge in [0, 0.05) is 51.4 Å². The number of hydrogen-bond acceptors (Lipinski definition) is 6. The molecule has 174 valence electrons. The molecule has 2 amide bonds. The molecule has 3 aliphatic heterocycles. The second kappa shape index (κ2) is 9.85. The van der Waals surface area contributed by atoms with Gasteiger partial charge in [0.05, 0.1) is 35.3 Å². The van der Waals surface area contributed by atoms with E-state index in [1.54, 1.807) is 11.0 Å². The molecule has 0 spiro atoms. The molecule has 32 heavy (non-hydrogen) atoms. The highest BCUT2D eigenvalue weighted by Gasteiger charge is 2.34. The number of nitrogens with zero attached hydrogens (tertiary/aromatic N) is 4. The first-order valence-electron chi connectivity index (χ1n) is 11.6. The minimum Gasteiger partial charge on any atom is -0.378 e. The van der Waals surface area contributed by atoms with E-state index < -0.39 is 4.92 Å². The number of morpholine rings is 1. The van der Waals surface area contributed by atoms with Crippen LogP contribution in [0.4, 0.5) is 11.4 Å². The summed E-state index contributed by atoms with van der Waals surface area (Å²) in [5.74, 6) is 0.262. The maximum absolute atomic E-state index is 13.6. The van der Waals surface area contributed by atoms with E-state index in [-0.39, 0.29) is 23.4 Å². The van der Waals surface area contributed by atoms with Crippen molar-refractivity contribution in [2.45, 2.75) is 32.6 Å². The number of ether oxygens (including phenoxy) is 1. The van der Waals surface area contributed by atoms with Crippen molar-refractivity contribution in [1.29, 1.82) is 0 Å². The molecule has 3 fully saturated rings. The zero-order valence-electron chi connectivity index (χ0n) is 18.7. The van der Waals surface area contributed by atoms with Gasteiger partial charge < -0.3 is 19.4 Å². The maximum Gasteiger partial charge on any atom is 0.270 e. The first-order chi connectivity index (χ1) is 15.4. The molecule has 9 nitrogen and oxygen atoms in total. The van der Waals surface area contributed by atoms with Gasteiger partial charge in [-0.05, 0) is 37.7 Å². The van der Waals surface area contributed by atoms with Gasteiger partial charge in [-0.1, -0.05) is 6.92 Å². The molecule has 0 aromatic heterocycles. The summed E-state index contributed by atoms with van der Waals surface area (Å²) in [5.41, 5.74) is 1.04. The Hall–Kier alpha value is -2.68. The number of likely N-dealkylation sites (tertiary alicyclic amines) is 1. The number of carbonyl (C=O) groups is 2. The third kappa shape index (κ3) is 4.87. The average Bonchev–Trinajstić information content (AvgIpc) is 2.84. The fraction of sp³-hybridized carbons (Fsp3) is 0.652. The molecule has 1 unspecified atom stereocenters. The van der Waals surface area contributed by atoms with Gasteiger partial charge in [-0.3, -0.25) is 19.7 Å². The molecule has 0 saturated carbocycles. The molecular weight excluding hydrogens is 412 g/mol. The zero-order valence-corrected chi connectivity index (χ0v) is 18.7. The summed E-state index contributed by atoms with van der Waals surface area (Å²) in [5, 5.41) is 11.4. The fourth-order valence-corrected chi connectivity index (χ4v) is 4.91. The van der Waals surface area contributed by atoms with Crippen LogP contribution in [-0.2, 0) is 9.53 Å². The van der Waals surface area contributed by atoms with Crippen LogP contribution in [0.25, 0.3) is 0 Å². The molecule has 0 bridgehead atoms. The van der Waals surface area contributed by atoms with Crippen LogP contribution in [0.3, 0.4) is 0 Å². The highest BCUT2D eigenvalue weighted by Crippen LogP contribution is 2.31. The van der Waals surface area contributed by atoms with E-state index in [1.807, 2.05) is 4.90 Å². The molecule has 1 atom stereocenters. The Morgan fingerprint density at radius 3 is 2.44 bits per heavy atom. The van der Waals surface area contributed by atoms with Gasteiger partial charge in [0.15, 0.2) is 0 Å². The molecule has 9 heteroatoms. The summed E-state index contributed by atoms with van der Waals surface area (Å²) in [6.45, 7) is 7.07. The van der Waals surface area contributed by atoms with Crippen molar-refractivity contribution < 1.29 is 19.2 Å². The number of piperidine rings is 2. The van der Waals surface area contributed by atoms with Gasteiger partial charge in [-0.2, -0.15) is 0 Å². The van der Waals surface area contributed by atoms with E-state index in [0.717, 1.165) is 44.5 Å². The van der Waals surface area contributed by atoms with Crippen LogP contribution in [0, 0.1) is 22.0 Å². The monoisotopic (exact) mass is 444 g/mol. The minimum atomic E-state index is -0.459. The van der Waals surface area contributed by atoms with Gasteiger partial charge in [-0.25, -0.2) is 0 Å². The van der Waals surface area contributed by atoms with E-state index in [0.29, 0.717) is 50.9 Å². The van der Waals surface area contributed by atoms with E-state index in [4.69, 9.17) is 4.74 Å². The summed E-state index contributed by atoms with van der Waals surface area (Å²) < 4.78 is 5.34. The van der Waals surface area contributed by atoms with Crippen LogP contribution < -0.4 is 4.90 Å². The Morgan fingerprint density at radius 1 is 1.03 bits per heavy atom. The first-order valence-corrected chi connectivity index (χ1v) is 11.6. The zero-order chi connectivity index (χ0) is 22.7. The molecule has 0 N–H and O–H groups in total. The van der Waals surface area contributed by atoms with Crippen molar-refractivity contribution in [2.24, 2.45) is 11.8 Å². The molecular formula is C23H32N4O5. The highest BCUT2D eigenvalue weighted by atomic mass is 16.6. The molecule has 3 aliphatic rings. The lowest BCUT2D eigenvalue weighted by atomic mass is 9.95. The largest absolute Gasteiger partial charge is 0.378 e. The van der Waals surface area contributed by atoms with Crippen molar-refractivity contribution in [1.82, 2.24) is 9.80 Å². The predicted molar refractivity (Wildman–Crippen MR) is 120 cm³/mol. The van der Waals surface area contributed by atoms with Crippen molar-refractivity contribution in [3.05, 3.63) is 33.9 Å². The van der Waals surface area contributed by atoms with Crippen LogP contribution in [0.1, 0.15) is 43.0 Å². The Morgan fingerprint density at radius 2 is 1.75 bits per heavy atom. The second-order valence-electron chi connectivity index (χ2n) is 9.16. The summed E-state index contributed by atoms with van der Waals surface area (Å²) >= 11 is 0. The van der Waals surface area contributed by atoms with Crippen molar-refractivity contribution >= 4 is 23.2 Å². The lowest BCUT2D eigenvalue weighted by Crippen LogP contribution is -2.49. The number of carbonyl (C=O) groups excluding carboxylic acids is 2. The molecule has 4 rings (SSSR count). The van der Waals surface area contributed by atoms with E-state index in [1.165, 1.54) is 12.1 Å². The Balaban J connectivity index is 1.54. The summed E-state index contributed by atoms with van der Waals surface area (Å²) in [4.78, 5) is 43.2. The minimum absolute atomic E-state index is 0.0788. The number of nitro groups is 1. The molecule has 1 aromatic carbocycles. The first kappa shape index (κ1) is 22.5. The Kier molecular flexibility index (Phi) is 6.93. The molecule has 1 aromatic rings. The van der Waals surface area contributed by atoms with Gasteiger partial charge in [0.25, 0.3) is 11.6 Å². The number of rotatable bonds is 4. The maximum atomic E-state index is 13.6. The van der Waals surface area contributed by atoms with Crippen molar-refractivity contribution in [2.75, 3.05) is 57.4 Å². The van der Waals surface area contributed by atoms with Gasteiger partial charge in [-0.15, -0.1) is 0 Å². The molecule has 3 heterocycles. The molecule has 0 radical (unpaired) electrons. The number of benzene rings is 1. The van der Waals surface area contributed by atoms with Crippen LogP contribution in [-0.4, -0.2) is 79.0 Å². The SMILES string of the molecule is CC1CCN(c2ccc([N+](=O)[O-])cc2C(=O)N2CCCC(C(=O)N3CCOCC3)C2)CC1. The average molecular weight is 445 g/mol. The molecule has 0 aliphatic carbocycles. The summed E-state index contributed by atoms with van der Waals surface area (Å²) in [6.07, 6.45) is 3.57. The standard InChI is InChI=1S/C23H32N4O5/c1-17-6-9-24(10-7-17)21-5-4-19(27(30)31)15-20(21)23(29)26-8-2-3-18(16-26)22(28)25-11-13-32-14-12-25/h4-5,15,17-18H,2-3,6-14,16H2,1H3. The van der Waals surface area contributed by atoms with Gasteiger partial charge in [0.1, 0.15) is 0 Å². The predicted octanol–water partition coefficient (Wildman–Crippen LogP) is 2.54. The number of anilines is 1. The molecule has 3 saturated heterocycles. The van der Waals surface area contributed by atoms with E-state index in [9.17, 15) is 19.7 Å². The number of non-ortho nitro benzene ring substituents is 1. The van der Waals surface area contributed by atoms with Gasteiger partial charge >= 0.3 is 0 Å². The van der Waals surface area contributed by atoms with E-state index >= 15 is 0 Å². The second-order valence-corrected chi connectivity index (χ2v) is 9.16. The van der Waals surface area contributed by atoms with Crippen molar-refractivity contribution in [3.63, 3.8) is 0 Å². The third-order valence-corrected chi connectivity index (χ3v) is 6.93. The Labute approximate surface area is 188 Å². The fourth-order valence-electron chi connectivity index (χ4n) is 4.91. The lowest BCUT2D eigenvalue weighted by molar-refractivity contribution is -0.384. The summed E-state index contributed by atoms with van der Waals surface area (Å²) in [6, 6.07) is 4.59. The van der Waals surface area contributed by atoms with Crippen LogP contribution in [0.2, 0.25) is 0 Å². The smallest absolute Gasteiger partial charge is 0.270 e. The number of nitro benzene ring substituents is 1. The topological polar surface area (TPSA) is 96.2 Å². The van der Waals surface area contributed by atoms with Gasteiger partial charge in [0.2, 0.25) is 5.91 Å². The summed E-state index contributed by atoms with van der Waals surface area (Å²) in [7, 11) is 0. The quantitative estimate of drug-likeness (QED) is 0.523. The Bertz CT molecular complexity index is 862. The van der Waals surface area contributed by atoms with Crippen molar-refractivity contribution in [3.8, 4) is 0 Å². The normalized spacial score (nSPS) is 22.7. The van der Waals surface area contributed by atoms with Crippen LogP contribution in [0.15, 0.2) is 18.2 Å². The highest BCUT2D eigenvalue weighted by molar-refractivity contribution is 6.01. The van der Waals surface area contributed by atoms with Crippen LogP contribution >= 0.6 is 0 Å². The number of hydrogen-bond donors (Lipinski definition) is 0. The lowest BCUT2D eigenvalue weighted by Gasteiger charge is -2.37. The van der Waals surface area contributed by atoms with Crippen LogP contribution in [0.5, 0.6) is 0 Å². The third-order valence-electron chi connectivity index (χ3n) is 6.93. The van der Waals surface area contributed by atoms with E-state index in [2.05, 4.69) is 11.8 Å². The number of amides is 2.